The van der Waals surface area contributed by atoms with Crippen LogP contribution in [0, 0.1) is 11.3 Å². The Bertz CT molecular complexity index is 931. The van der Waals surface area contributed by atoms with Gasteiger partial charge in [-0.3, -0.25) is 14.4 Å². The van der Waals surface area contributed by atoms with Crippen LogP contribution in [-0.4, -0.2) is 64.3 Å². The molecular weight excluding hydrogens is 436 g/mol. The van der Waals surface area contributed by atoms with Crippen LogP contribution in [-0.2, 0) is 30.3 Å². The molecule has 1 aromatic rings. The van der Waals surface area contributed by atoms with Crippen LogP contribution in [0.5, 0.6) is 0 Å². The maximum atomic E-state index is 12.6. The van der Waals surface area contributed by atoms with E-state index in [1.807, 2.05) is 11.4 Å². The molecular formula is C21H26N4O8. The first-order chi connectivity index (χ1) is 15.3. The van der Waals surface area contributed by atoms with Crippen molar-refractivity contribution >= 4 is 29.8 Å². The number of carboxylic acid groups (broad SMARTS) is 2. The minimum absolute atomic E-state index is 0.00910. The molecule has 0 aliphatic heterocycles. The summed E-state index contributed by atoms with van der Waals surface area (Å²) < 4.78 is 5.16. The van der Waals surface area contributed by atoms with Gasteiger partial charge in [-0.1, -0.05) is 12.1 Å². The van der Waals surface area contributed by atoms with Gasteiger partial charge in [-0.05, 0) is 38.5 Å². The number of nitriles is 1. The van der Waals surface area contributed by atoms with E-state index in [-0.39, 0.29) is 6.42 Å². The zero-order chi connectivity index (χ0) is 25.2. The summed E-state index contributed by atoms with van der Waals surface area (Å²) in [5.74, 6) is -4.64. The Morgan fingerprint density at radius 3 is 2.12 bits per heavy atom. The van der Waals surface area contributed by atoms with Gasteiger partial charge in [0.15, 0.2) is 0 Å². The number of ether oxygens (including phenoxy) is 1. The van der Waals surface area contributed by atoms with Crippen LogP contribution in [0.15, 0.2) is 24.3 Å². The predicted molar refractivity (Wildman–Crippen MR) is 113 cm³/mol. The quantitative estimate of drug-likeness (QED) is 0.322. The van der Waals surface area contributed by atoms with Crippen molar-refractivity contribution in [3.05, 3.63) is 35.4 Å². The molecule has 1 aromatic carbocycles. The highest BCUT2D eigenvalue weighted by Gasteiger charge is 2.26. The molecule has 1 rings (SSSR count). The highest BCUT2D eigenvalue weighted by atomic mass is 16.6. The number of nitrogens with zero attached hydrogens (tertiary/aromatic N) is 1. The third-order valence-corrected chi connectivity index (χ3v) is 3.97. The van der Waals surface area contributed by atoms with Gasteiger partial charge in [-0.15, -0.1) is 0 Å². The van der Waals surface area contributed by atoms with Crippen LogP contribution in [0.1, 0.15) is 38.3 Å². The summed E-state index contributed by atoms with van der Waals surface area (Å²) in [5, 5.41) is 33.3. The average molecular weight is 462 g/mol. The van der Waals surface area contributed by atoms with Gasteiger partial charge in [0.05, 0.1) is 24.6 Å². The second-order valence-electron chi connectivity index (χ2n) is 7.99. The van der Waals surface area contributed by atoms with E-state index in [0.717, 1.165) is 0 Å². The first-order valence-electron chi connectivity index (χ1n) is 9.81. The van der Waals surface area contributed by atoms with Gasteiger partial charge in [-0.25, -0.2) is 9.59 Å². The maximum Gasteiger partial charge on any atom is 0.408 e. The number of carboxylic acids is 2. The lowest BCUT2D eigenvalue weighted by atomic mass is 10.0. The zero-order valence-corrected chi connectivity index (χ0v) is 18.4. The molecule has 0 aromatic heterocycles. The third kappa shape index (κ3) is 10.6. The molecule has 33 heavy (non-hydrogen) atoms. The standard InChI is InChI=1S/C21H26N4O8/c1-21(2,3)33-20(32)25-14(8-12-4-6-13(10-22)7-5-12)18(29)23-11-16(26)24-15(19(30)31)9-17(27)28/h4-7,14-15H,8-9,11H2,1-3H3,(H,23,29)(H,24,26)(H,25,32)(H,27,28)(H,30,31)/t14?,15-/m0/s1. The molecule has 0 aliphatic rings. The molecule has 0 radical (unpaired) electrons. The Morgan fingerprint density at radius 1 is 1.03 bits per heavy atom. The smallest absolute Gasteiger partial charge is 0.408 e. The molecule has 1 unspecified atom stereocenters. The summed E-state index contributed by atoms with van der Waals surface area (Å²) in [4.78, 5) is 58.6. The molecule has 5 N–H and O–H groups in total. The third-order valence-electron chi connectivity index (χ3n) is 3.97. The van der Waals surface area contributed by atoms with E-state index in [1.165, 1.54) is 0 Å². The molecule has 0 heterocycles. The van der Waals surface area contributed by atoms with Crippen molar-refractivity contribution in [1.29, 1.82) is 5.26 Å². The number of aliphatic carboxylic acids is 2. The molecule has 178 valence electrons. The number of amides is 3. The van der Waals surface area contributed by atoms with E-state index in [1.54, 1.807) is 45.0 Å². The van der Waals surface area contributed by atoms with Gasteiger partial charge >= 0.3 is 18.0 Å². The average Bonchev–Trinajstić information content (AvgIpc) is 2.69. The van der Waals surface area contributed by atoms with Crippen LogP contribution in [0.2, 0.25) is 0 Å². The number of carbonyl (C=O) groups excluding carboxylic acids is 3. The lowest BCUT2D eigenvalue weighted by Gasteiger charge is -2.23. The van der Waals surface area contributed by atoms with Crippen molar-refractivity contribution < 1.29 is 38.9 Å². The Hall–Kier alpha value is -4.14. The van der Waals surface area contributed by atoms with Crippen molar-refractivity contribution in [2.45, 2.75) is 51.3 Å². The summed E-state index contributed by atoms with van der Waals surface area (Å²) in [5.41, 5.74) is 0.197. The van der Waals surface area contributed by atoms with E-state index in [0.29, 0.717) is 11.1 Å². The van der Waals surface area contributed by atoms with Gasteiger partial charge in [-0.2, -0.15) is 5.26 Å². The second-order valence-corrected chi connectivity index (χ2v) is 7.99. The number of hydrogen-bond donors (Lipinski definition) is 5. The van der Waals surface area contributed by atoms with E-state index < -0.39 is 60.5 Å². The van der Waals surface area contributed by atoms with E-state index in [4.69, 9.17) is 20.2 Å². The van der Waals surface area contributed by atoms with Crippen molar-refractivity contribution in [3.63, 3.8) is 0 Å². The zero-order valence-electron chi connectivity index (χ0n) is 18.4. The number of hydrogen-bond acceptors (Lipinski definition) is 7. The normalized spacial score (nSPS) is 12.4. The molecule has 2 atom stereocenters. The largest absolute Gasteiger partial charge is 0.481 e. The molecule has 0 spiro atoms. The molecule has 0 saturated carbocycles. The molecule has 12 heteroatoms. The van der Waals surface area contributed by atoms with Crippen LogP contribution in [0.3, 0.4) is 0 Å². The fourth-order valence-electron chi connectivity index (χ4n) is 2.52. The first-order valence-corrected chi connectivity index (χ1v) is 9.81. The number of rotatable bonds is 10. The summed E-state index contributed by atoms with van der Waals surface area (Å²) in [6.07, 6.45) is -1.70. The Labute approximate surface area is 189 Å². The van der Waals surface area contributed by atoms with Gasteiger partial charge in [0.2, 0.25) is 11.8 Å². The van der Waals surface area contributed by atoms with E-state index >= 15 is 0 Å². The van der Waals surface area contributed by atoms with Crippen LogP contribution >= 0.6 is 0 Å². The van der Waals surface area contributed by atoms with Gasteiger partial charge < -0.3 is 30.9 Å². The number of carbonyl (C=O) groups is 5. The SMILES string of the molecule is CC(C)(C)OC(=O)NC(Cc1ccc(C#N)cc1)C(=O)NCC(=O)N[C@@H](CC(=O)O)C(=O)O. The Morgan fingerprint density at radius 2 is 1.64 bits per heavy atom. The van der Waals surface area contributed by atoms with Gasteiger partial charge in [0.1, 0.15) is 17.7 Å². The minimum Gasteiger partial charge on any atom is -0.481 e. The monoisotopic (exact) mass is 462 g/mol. The molecule has 0 bridgehead atoms. The molecule has 0 saturated heterocycles. The van der Waals surface area contributed by atoms with Crippen molar-refractivity contribution in [1.82, 2.24) is 16.0 Å². The molecule has 0 fully saturated rings. The number of nitrogens with one attached hydrogen (secondary N) is 3. The summed E-state index contributed by atoms with van der Waals surface area (Å²) >= 11 is 0. The van der Waals surface area contributed by atoms with Crippen molar-refractivity contribution in [2.75, 3.05) is 6.54 Å². The van der Waals surface area contributed by atoms with E-state index in [2.05, 4.69) is 10.6 Å². The van der Waals surface area contributed by atoms with Crippen molar-refractivity contribution in [2.24, 2.45) is 0 Å². The minimum atomic E-state index is -1.67. The van der Waals surface area contributed by atoms with E-state index in [9.17, 15) is 24.0 Å². The highest BCUT2D eigenvalue weighted by Crippen LogP contribution is 2.10. The van der Waals surface area contributed by atoms with Gasteiger partial charge in [0, 0.05) is 6.42 Å². The molecule has 0 aliphatic carbocycles. The van der Waals surface area contributed by atoms with Crippen LogP contribution in [0.4, 0.5) is 4.79 Å². The Balaban J connectivity index is 2.85. The fraction of sp³-hybridized carbons (Fsp3) is 0.429. The lowest BCUT2D eigenvalue weighted by Crippen LogP contribution is -2.52. The molecule has 12 nitrogen and oxygen atoms in total. The van der Waals surface area contributed by atoms with Crippen molar-refractivity contribution in [3.8, 4) is 6.07 Å². The van der Waals surface area contributed by atoms with Crippen LogP contribution < -0.4 is 16.0 Å². The highest BCUT2D eigenvalue weighted by molar-refractivity contribution is 5.91. The maximum absolute atomic E-state index is 12.6. The lowest BCUT2D eigenvalue weighted by molar-refractivity contribution is -0.147. The Kier molecular flexibility index (Phi) is 9.81. The van der Waals surface area contributed by atoms with Crippen LogP contribution in [0.25, 0.3) is 0 Å². The molecule has 3 amide bonds. The summed E-state index contributed by atoms with van der Waals surface area (Å²) in [6, 6.07) is 5.43. The summed E-state index contributed by atoms with van der Waals surface area (Å²) in [7, 11) is 0. The topological polar surface area (TPSA) is 195 Å². The summed E-state index contributed by atoms with van der Waals surface area (Å²) in [6.45, 7) is 4.27. The fourth-order valence-corrected chi connectivity index (χ4v) is 2.52. The number of alkyl carbamates (subject to hydrolysis) is 1. The predicted octanol–water partition coefficient (Wildman–Crippen LogP) is 0.154. The van der Waals surface area contributed by atoms with Gasteiger partial charge in [0.25, 0.3) is 0 Å². The number of benzene rings is 1. The first kappa shape index (κ1) is 26.9. The second kappa shape index (κ2) is 12.0.